The standard InChI is InChI=1S/C22H24N2O3SSi/c1-16(2)29(26,27)13-12-17-8-10-18(11-9-17)14-21(25)24-22-23-20(15-28-22)19-6-4-3-5-7-19/h3-13,15-16,26-27H,14H2,1-2H3,(H,23,24,25)/b13-12+. The Balaban J connectivity index is 1.57. The minimum Gasteiger partial charge on any atom is -0.408 e. The molecule has 29 heavy (non-hydrogen) atoms. The summed E-state index contributed by atoms with van der Waals surface area (Å²) >= 11 is 1.40. The second-order valence-electron chi connectivity index (χ2n) is 7.14. The number of hydrogen-bond acceptors (Lipinski definition) is 5. The highest BCUT2D eigenvalue weighted by atomic mass is 32.1. The Bertz CT molecular complexity index is 983. The molecule has 0 fully saturated rings. The second kappa shape index (κ2) is 9.28. The lowest BCUT2D eigenvalue weighted by Crippen LogP contribution is -2.35. The molecule has 1 heterocycles. The van der Waals surface area contributed by atoms with Crippen molar-refractivity contribution in [3.63, 3.8) is 0 Å². The van der Waals surface area contributed by atoms with Gasteiger partial charge in [-0.1, -0.05) is 74.5 Å². The SMILES string of the molecule is CC(C)[Si](O)(O)/C=C/c1ccc(CC(=O)Nc2nc(-c3ccccc3)cs2)cc1. The normalized spacial score (nSPS) is 11.9. The number of hydrogen-bond donors (Lipinski definition) is 3. The number of nitrogens with zero attached hydrogens (tertiary/aromatic N) is 1. The Hall–Kier alpha value is -2.58. The summed E-state index contributed by atoms with van der Waals surface area (Å²) in [5.74, 6) is -0.126. The number of anilines is 1. The average Bonchev–Trinajstić information content (AvgIpc) is 3.16. The van der Waals surface area contributed by atoms with Crippen LogP contribution in [-0.2, 0) is 11.2 Å². The molecule has 0 saturated carbocycles. The molecule has 1 amide bonds. The van der Waals surface area contributed by atoms with Gasteiger partial charge in [-0.05, 0) is 16.8 Å². The van der Waals surface area contributed by atoms with Gasteiger partial charge in [0.05, 0.1) is 12.1 Å². The van der Waals surface area contributed by atoms with Crippen molar-refractivity contribution in [2.45, 2.75) is 25.8 Å². The zero-order valence-corrected chi connectivity index (χ0v) is 18.2. The summed E-state index contributed by atoms with van der Waals surface area (Å²) in [4.78, 5) is 36.8. The maximum Gasteiger partial charge on any atom is 0.362 e. The zero-order chi connectivity index (χ0) is 20.9. The largest absolute Gasteiger partial charge is 0.408 e. The smallest absolute Gasteiger partial charge is 0.362 e. The van der Waals surface area contributed by atoms with Crippen LogP contribution in [0.25, 0.3) is 17.3 Å². The number of benzene rings is 2. The maximum atomic E-state index is 12.3. The fraction of sp³-hybridized carbons (Fsp3) is 0.182. The summed E-state index contributed by atoms with van der Waals surface area (Å²) in [6.45, 7) is 3.59. The highest BCUT2D eigenvalue weighted by Crippen LogP contribution is 2.24. The van der Waals surface area contributed by atoms with Crippen LogP contribution < -0.4 is 5.32 Å². The summed E-state index contributed by atoms with van der Waals surface area (Å²) in [6, 6.07) is 17.3. The van der Waals surface area contributed by atoms with Crippen LogP contribution in [0.15, 0.2) is 65.7 Å². The van der Waals surface area contributed by atoms with E-state index in [1.807, 2.05) is 60.0 Å². The number of aromatic nitrogens is 1. The van der Waals surface area contributed by atoms with Crippen molar-refractivity contribution in [1.29, 1.82) is 0 Å². The Labute approximate surface area is 175 Å². The maximum absolute atomic E-state index is 12.3. The van der Waals surface area contributed by atoms with Crippen LogP contribution in [0.2, 0.25) is 5.54 Å². The molecule has 2 aromatic carbocycles. The molecule has 3 rings (SSSR count). The molecule has 7 heteroatoms. The molecule has 150 valence electrons. The van der Waals surface area contributed by atoms with Crippen LogP contribution in [0.3, 0.4) is 0 Å². The highest BCUT2D eigenvalue weighted by molar-refractivity contribution is 7.14. The number of carbonyl (C=O) groups is 1. The van der Waals surface area contributed by atoms with Gasteiger partial charge in [-0.3, -0.25) is 4.79 Å². The monoisotopic (exact) mass is 424 g/mol. The topological polar surface area (TPSA) is 82.5 Å². The van der Waals surface area contributed by atoms with Crippen LogP contribution in [0.5, 0.6) is 0 Å². The lowest BCUT2D eigenvalue weighted by atomic mass is 10.1. The zero-order valence-electron chi connectivity index (χ0n) is 16.4. The van der Waals surface area contributed by atoms with Crippen LogP contribution in [0, 0.1) is 0 Å². The fourth-order valence-corrected chi connectivity index (χ4v) is 4.14. The summed E-state index contributed by atoms with van der Waals surface area (Å²) in [7, 11) is -3.32. The third-order valence-electron chi connectivity index (χ3n) is 4.54. The first-order valence-electron chi connectivity index (χ1n) is 9.37. The Morgan fingerprint density at radius 1 is 1.14 bits per heavy atom. The first-order chi connectivity index (χ1) is 13.8. The lowest BCUT2D eigenvalue weighted by Gasteiger charge is -2.17. The first-order valence-corrected chi connectivity index (χ1v) is 12.3. The minimum absolute atomic E-state index is 0.126. The van der Waals surface area contributed by atoms with E-state index in [4.69, 9.17) is 0 Å². The van der Waals surface area contributed by atoms with E-state index < -0.39 is 8.56 Å². The summed E-state index contributed by atoms with van der Waals surface area (Å²) in [5.41, 5.74) is 4.93. The van der Waals surface area contributed by atoms with Gasteiger partial charge in [0.25, 0.3) is 0 Å². The van der Waals surface area contributed by atoms with Gasteiger partial charge in [-0.2, -0.15) is 0 Å². The molecule has 5 nitrogen and oxygen atoms in total. The molecule has 3 N–H and O–H groups in total. The number of amides is 1. The minimum atomic E-state index is -3.32. The van der Waals surface area contributed by atoms with Gasteiger partial charge in [-0.15, -0.1) is 11.3 Å². The van der Waals surface area contributed by atoms with Crippen molar-refractivity contribution in [3.05, 3.63) is 76.8 Å². The third kappa shape index (κ3) is 5.95. The van der Waals surface area contributed by atoms with E-state index in [0.29, 0.717) is 5.13 Å². The van der Waals surface area contributed by atoms with Crippen molar-refractivity contribution >= 4 is 37.0 Å². The molecular weight excluding hydrogens is 400 g/mol. The molecule has 0 unspecified atom stereocenters. The molecule has 1 aromatic heterocycles. The second-order valence-corrected chi connectivity index (χ2v) is 11.1. The van der Waals surface area contributed by atoms with Crippen molar-refractivity contribution in [1.82, 2.24) is 4.98 Å². The quantitative estimate of drug-likeness (QED) is 0.492. The van der Waals surface area contributed by atoms with E-state index in [-0.39, 0.29) is 17.9 Å². The third-order valence-corrected chi connectivity index (χ3v) is 7.65. The fourth-order valence-electron chi connectivity index (χ4n) is 2.58. The van der Waals surface area contributed by atoms with Crippen molar-refractivity contribution < 1.29 is 14.4 Å². The lowest BCUT2D eigenvalue weighted by molar-refractivity contribution is -0.115. The van der Waals surface area contributed by atoms with E-state index in [0.717, 1.165) is 22.4 Å². The van der Waals surface area contributed by atoms with Crippen molar-refractivity contribution in [2.24, 2.45) is 0 Å². The molecule has 0 spiro atoms. The molecule has 0 saturated heterocycles. The van der Waals surface area contributed by atoms with Gasteiger partial charge in [0.1, 0.15) is 0 Å². The van der Waals surface area contributed by atoms with Crippen LogP contribution in [-0.4, -0.2) is 29.0 Å². The van der Waals surface area contributed by atoms with E-state index in [1.165, 1.54) is 17.0 Å². The molecular formula is C22H24N2O3SSi. The Morgan fingerprint density at radius 3 is 2.48 bits per heavy atom. The Kier molecular flexibility index (Phi) is 6.76. The van der Waals surface area contributed by atoms with Gasteiger partial charge in [0, 0.05) is 16.5 Å². The molecule has 0 aliphatic carbocycles. The number of carbonyl (C=O) groups excluding carboxylic acids is 1. The van der Waals surface area contributed by atoms with Gasteiger partial charge >= 0.3 is 8.56 Å². The molecule has 0 radical (unpaired) electrons. The van der Waals surface area contributed by atoms with Crippen LogP contribution >= 0.6 is 11.3 Å². The number of nitrogens with one attached hydrogen (secondary N) is 1. The predicted molar refractivity (Wildman–Crippen MR) is 121 cm³/mol. The van der Waals surface area contributed by atoms with E-state index >= 15 is 0 Å². The van der Waals surface area contributed by atoms with E-state index in [2.05, 4.69) is 10.3 Å². The first kappa shape index (κ1) is 21.1. The summed E-state index contributed by atoms with van der Waals surface area (Å²) in [5, 5.41) is 5.35. The Morgan fingerprint density at radius 2 is 1.83 bits per heavy atom. The number of thiazole rings is 1. The van der Waals surface area contributed by atoms with Gasteiger partial charge < -0.3 is 14.9 Å². The van der Waals surface area contributed by atoms with Gasteiger partial charge in [-0.25, -0.2) is 4.98 Å². The van der Waals surface area contributed by atoms with Crippen molar-refractivity contribution in [2.75, 3.05) is 5.32 Å². The van der Waals surface area contributed by atoms with Crippen molar-refractivity contribution in [3.8, 4) is 11.3 Å². The molecule has 0 aliphatic heterocycles. The predicted octanol–water partition coefficient (Wildman–Crippen LogP) is 4.38. The molecule has 3 aromatic rings. The molecule has 0 bridgehead atoms. The van der Waals surface area contributed by atoms with Gasteiger partial charge in [0.15, 0.2) is 5.13 Å². The molecule has 0 aliphatic rings. The number of rotatable bonds is 7. The van der Waals surface area contributed by atoms with Gasteiger partial charge in [0.2, 0.25) is 5.91 Å². The summed E-state index contributed by atoms with van der Waals surface area (Å²) in [6.07, 6.45) is 1.96. The molecule has 0 atom stereocenters. The van der Waals surface area contributed by atoms with E-state index in [9.17, 15) is 14.4 Å². The highest BCUT2D eigenvalue weighted by Gasteiger charge is 2.29. The van der Waals surface area contributed by atoms with Crippen LogP contribution in [0.1, 0.15) is 25.0 Å². The van der Waals surface area contributed by atoms with E-state index in [1.54, 1.807) is 19.9 Å². The van der Waals surface area contributed by atoms with Crippen LogP contribution in [0.4, 0.5) is 5.13 Å². The summed E-state index contributed by atoms with van der Waals surface area (Å²) < 4.78 is 0. The average molecular weight is 425 g/mol.